The number of azide groups is 1. The van der Waals surface area contributed by atoms with Crippen LogP contribution in [0.15, 0.2) is 17.3 Å². The molecule has 3 atom stereocenters. The molecule has 1 aliphatic rings. The van der Waals surface area contributed by atoms with Crippen molar-refractivity contribution in [2.45, 2.75) is 58.1 Å². The molecule has 0 heterocycles. The molecule has 1 saturated carbocycles. The molecule has 0 aliphatic heterocycles. The monoisotopic (exact) mass is 237 g/mol. The van der Waals surface area contributed by atoms with Crippen molar-refractivity contribution in [1.29, 1.82) is 0 Å². The fourth-order valence-electron chi connectivity index (χ4n) is 2.33. The van der Waals surface area contributed by atoms with Gasteiger partial charge in [-0.3, -0.25) is 0 Å². The Morgan fingerprint density at radius 1 is 1.53 bits per heavy atom. The quantitative estimate of drug-likeness (QED) is 0.311. The van der Waals surface area contributed by atoms with Gasteiger partial charge in [-0.15, -0.1) is 6.58 Å². The summed E-state index contributed by atoms with van der Waals surface area (Å²) in [7, 11) is 0. The lowest BCUT2D eigenvalue weighted by Gasteiger charge is -2.25. The third-order valence-corrected chi connectivity index (χ3v) is 3.82. The normalized spacial score (nSPS) is 22.1. The molecule has 1 N–H and O–H groups in total. The minimum Gasteiger partial charge on any atom is -0.390 e. The second-order valence-corrected chi connectivity index (χ2v) is 5.65. The summed E-state index contributed by atoms with van der Waals surface area (Å²) in [5.74, 6) is 0.557. The van der Waals surface area contributed by atoms with E-state index in [9.17, 15) is 5.11 Å². The Kier molecular flexibility index (Phi) is 4.61. The van der Waals surface area contributed by atoms with Crippen LogP contribution in [0.3, 0.4) is 0 Å². The Morgan fingerprint density at radius 3 is 2.53 bits per heavy atom. The van der Waals surface area contributed by atoms with E-state index < -0.39 is 5.60 Å². The first-order chi connectivity index (χ1) is 7.89. The number of rotatable bonds is 7. The largest absolute Gasteiger partial charge is 0.390 e. The molecule has 1 rings (SSSR count). The minimum absolute atomic E-state index is 0.0395. The van der Waals surface area contributed by atoms with Crippen molar-refractivity contribution in [3.63, 3.8) is 0 Å². The molecule has 1 aliphatic carbocycles. The van der Waals surface area contributed by atoms with Crippen LogP contribution in [-0.4, -0.2) is 16.7 Å². The maximum Gasteiger partial charge on any atom is 0.0675 e. The van der Waals surface area contributed by atoms with E-state index in [4.69, 9.17) is 5.53 Å². The summed E-state index contributed by atoms with van der Waals surface area (Å²) in [4.78, 5) is 2.92. The molecule has 0 unspecified atom stereocenters. The molecule has 0 amide bonds. The van der Waals surface area contributed by atoms with E-state index in [0.29, 0.717) is 0 Å². The zero-order chi connectivity index (χ0) is 13.1. The van der Waals surface area contributed by atoms with Gasteiger partial charge in [0.15, 0.2) is 0 Å². The van der Waals surface area contributed by atoms with Crippen LogP contribution in [0.5, 0.6) is 0 Å². The molecule has 96 valence electrons. The Balaban J connectivity index is 2.55. The number of hydrogen-bond acceptors (Lipinski definition) is 2. The van der Waals surface area contributed by atoms with E-state index >= 15 is 0 Å². The molecule has 0 aromatic heterocycles. The smallest absolute Gasteiger partial charge is 0.0675 e. The van der Waals surface area contributed by atoms with Crippen molar-refractivity contribution in [2.24, 2.45) is 17.0 Å². The third kappa shape index (κ3) is 4.06. The second-order valence-electron chi connectivity index (χ2n) is 5.65. The molecular formula is C13H23N3O. The average molecular weight is 237 g/mol. The molecule has 4 nitrogen and oxygen atoms in total. The number of aliphatic hydroxyl groups is 1. The SMILES string of the molecule is C=C(C)C[C@@H](N=[N+]=[N-])[C@@H](C)C[C@H](C)C1(O)CC1. The van der Waals surface area contributed by atoms with E-state index in [1.165, 1.54) is 0 Å². The molecule has 17 heavy (non-hydrogen) atoms. The molecule has 0 spiro atoms. The highest BCUT2D eigenvalue weighted by Crippen LogP contribution is 2.45. The van der Waals surface area contributed by atoms with Gasteiger partial charge in [0.2, 0.25) is 0 Å². The molecule has 0 aromatic rings. The number of nitrogens with zero attached hydrogens (tertiary/aromatic N) is 3. The highest BCUT2D eigenvalue weighted by Gasteiger charge is 2.45. The van der Waals surface area contributed by atoms with Crippen LogP contribution in [0.1, 0.15) is 46.5 Å². The lowest BCUT2D eigenvalue weighted by molar-refractivity contribution is 0.0759. The van der Waals surface area contributed by atoms with Gasteiger partial charge in [-0.2, -0.15) is 0 Å². The van der Waals surface area contributed by atoms with Crippen LogP contribution >= 0.6 is 0 Å². The van der Waals surface area contributed by atoms with Gasteiger partial charge in [0.25, 0.3) is 0 Å². The van der Waals surface area contributed by atoms with Crippen LogP contribution in [0.4, 0.5) is 0 Å². The summed E-state index contributed by atoms with van der Waals surface area (Å²) < 4.78 is 0. The van der Waals surface area contributed by atoms with Gasteiger partial charge < -0.3 is 5.11 Å². The summed E-state index contributed by atoms with van der Waals surface area (Å²) in [5, 5.41) is 13.9. The summed E-state index contributed by atoms with van der Waals surface area (Å²) >= 11 is 0. The van der Waals surface area contributed by atoms with Crippen molar-refractivity contribution < 1.29 is 5.11 Å². The summed E-state index contributed by atoms with van der Waals surface area (Å²) in [6, 6.07) is -0.0395. The van der Waals surface area contributed by atoms with Crippen molar-refractivity contribution >= 4 is 0 Å². The lowest BCUT2D eigenvalue weighted by atomic mass is 9.85. The second kappa shape index (κ2) is 5.56. The first-order valence-electron chi connectivity index (χ1n) is 6.30. The zero-order valence-corrected chi connectivity index (χ0v) is 11.1. The summed E-state index contributed by atoms with van der Waals surface area (Å²) in [6.45, 7) is 9.98. The predicted octanol–water partition coefficient (Wildman–Crippen LogP) is 3.82. The minimum atomic E-state index is -0.446. The molecule has 0 aromatic carbocycles. The molecule has 0 saturated heterocycles. The Morgan fingerprint density at radius 2 is 2.12 bits per heavy atom. The highest BCUT2D eigenvalue weighted by molar-refractivity contribution is 5.00. The van der Waals surface area contributed by atoms with E-state index in [0.717, 1.165) is 31.3 Å². The van der Waals surface area contributed by atoms with Crippen LogP contribution in [0, 0.1) is 11.8 Å². The maximum absolute atomic E-state index is 10.0. The fraction of sp³-hybridized carbons (Fsp3) is 0.846. The van der Waals surface area contributed by atoms with Crippen LogP contribution in [0.25, 0.3) is 10.4 Å². The fourth-order valence-corrected chi connectivity index (χ4v) is 2.33. The van der Waals surface area contributed by atoms with E-state index in [1.54, 1.807) is 0 Å². The lowest BCUT2D eigenvalue weighted by Crippen LogP contribution is -2.25. The topological polar surface area (TPSA) is 69.0 Å². The van der Waals surface area contributed by atoms with E-state index in [1.807, 2.05) is 6.92 Å². The van der Waals surface area contributed by atoms with E-state index in [-0.39, 0.29) is 17.9 Å². The van der Waals surface area contributed by atoms with Crippen LogP contribution < -0.4 is 0 Å². The van der Waals surface area contributed by atoms with Crippen molar-refractivity contribution in [1.82, 2.24) is 0 Å². The molecular weight excluding hydrogens is 214 g/mol. The number of hydrogen-bond donors (Lipinski definition) is 1. The van der Waals surface area contributed by atoms with Crippen LogP contribution in [0.2, 0.25) is 0 Å². The van der Waals surface area contributed by atoms with E-state index in [2.05, 4.69) is 30.5 Å². The third-order valence-electron chi connectivity index (χ3n) is 3.82. The van der Waals surface area contributed by atoms with Gasteiger partial charge in [-0.1, -0.05) is 24.5 Å². The molecule has 4 heteroatoms. The molecule has 1 fully saturated rings. The average Bonchev–Trinajstić information content (AvgIpc) is 2.96. The zero-order valence-electron chi connectivity index (χ0n) is 11.1. The van der Waals surface area contributed by atoms with Gasteiger partial charge >= 0.3 is 0 Å². The highest BCUT2D eigenvalue weighted by atomic mass is 16.3. The molecule has 0 radical (unpaired) electrons. The maximum atomic E-state index is 10.0. The Hall–Kier alpha value is -0.990. The van der Waals surface area contributed by atoms with Crippen molar-refractivity contribution in [2.75, 3.05) is 0 Å². The first-order valence-corrected chi connectivity index (χ1v) is 6.30. The Labute approximate surface area is 103 Å². The van der Waals surface area contributed by atoms with Gasteiger partial charge in [0, 0.05) is 11.0 Å². The summed E-state index contributed by atoms with van der Waals surface area (Å²) in [6.07, 6.45) is 3.45. The van der Waals surface area contributed by atoms with Crippen molar-refractivity contribution in [3.8, 4) is 0 Å². The van der Waals surface area contributed by atoms with Gasteiger partial charge in [-0.05, 0) is 50.0 Å². The van der Waals surface area contributed by atoms with Crippen LogP contribution in [-0.2, 0) is 0 Å². The standard InChI is InChI=1S/C13H23N3O/c1-9(2)7-12(15-16-14)10(3)8-11(4)13(17)5-6-13/h10-12,17H,1,5-8H2,2-4H3/t10-,11-,12+/m0/s1. The van der Waals surface area contributed by atoms with Gasteiger partial charge in [0.05, 0.1) is 5.60 Å². The molecule has 0 bridgehead atoms. The summed E-state index contributed by atoms with van der Waals surface area (Å²) in [5.41, 5.74) is 9.17. The Bertz CT molecular complexity index is 330. The van der Waals surface area contributed by atoms with Crippen molar-refractivity contribution in [3.05, 3.63) is 22.6 Å². The van der Waals surface area contributed by atoms with Gasteiger partial charge in [-0.25, -0.2) is 0 Å². The van der Waals surface area contributed by atoms with Gasteiger partial charge in [0.1, 0.15) is 0 Å². The first kappa shape index (κ1) is 14.1. The predicted molar refractivity (Wildman–Crippen MR) is 69.5 cm³/mol.